The first-order chi connectivity index (χ1) is 5.46. The topological polar surface area (TPSA) is 0 Å². The van der Waals surface area contributed by atoms with Gasteiger partial charge in [-0.25, -0.2) is 0 Å². The average molecular weight is 198 g/mol. The van der Waals surface area contributed by atoms with Crippen LogP contribution in [0.5, 0.6) is 0 Å². The fourth-order valence-corrected chi connectivity index (χ4v) is 1.59. The number of hydrogen-bond donors (Lipinski definition) is 0. The molecule has 0 amide bonds. The van der Waals surface area contributed by atoms with Crippen LogP contribution in [-0.4, -0.2) is 19.4 Å². The van der Waals surface area contributed by atoms with E-state index in [-0.39, 0.29) is 5.41 Å². The molecule has 13 heavy (non-hydrogen) atoms. The van der Waals surface area contributed by atoms with E-state index in [1.54, 1.807) is 0 Å². The zero-order valence-electron chi connectivity index (χ0n) is 10.5. The molecule has 0 bridgehead atoms. The molecule has 0 unspecified atom stereocenters. The molecule has 0 aromatic carbocycles. The molecule has 0 fully saturated rings. The third-order valence-corrected chi connectivity index (χ3v) is 7.12. The number of rotatable bonds is 0. The van der Waals surface area contributed by atoms with Crippen molar-refractivity contribution in [3.05, 3.63) is 0 Å². The Bertz CT molecular complexity index is 230. The molecule has 0 aromatic heterocycles. The van der Waals surface area contributed by atoms with E-state index >= 15 is 0 Å². The van der Waals surface area contributed by atoms with Crippen molar-refractivity contribution in [1.29, 1.82) is 0 Å². The molecule has 0 aromatic rings. The Balaban J connectivity index is 4.77. The van der Waals surface area contributed by atoms with Crippen molar-refractivity contribution in [1.82, 2.24) is 0 Å². The third kappa shape index (κ3) is 4.73. The van der Waals surface area contributed by atoms with E-state index in [1.807, 2.05) is 0 Å². The summed E-state index contributed by atoms with van der Waals surface area (Å²) in [7, 11) is 0.977. The molecule has 0 saturated heterocycles. The van der Waals surface area contributed by atoms with Crippen molar-refractivity contribution in [2.75, 3.05) is 6.66 Å². The summed E-state index contributed by atoms with van der Waals surface area (Å²) in [5.41, 5.74) is 3.68. The predicted octanol–water partition coefficient (Wildman–Crippen LogP) is 2.72. The van der Waals surface area contributed by atoms with Gasteiger partial charge in [0.25, 0.3) is 0 Å². The van der Waals surface area contributed by atoms with Crippen LogP contribution in [0, 0.1) is 17.0 Å². The van der Waals surface area contributed by atoms with Gasteiger partial charge in [-0.2, -0.15) is 0 Å². The van der Waals surface area contributed by atoms with Gasteiger partial charge in [0, 0.05) is 0 Å². The molecule has 0 aliphatic carbocycles. The molecule has 0 rings (SSSR count). The van der Waals surface area contributed by atoms with Crippen LogP contribution < -0.4 is 0 Å². The average Bonchev–Trinajstić information content (AvgIpc) is 1.79. The van der Waals surface area contributed by atoms with Crippen molar-refractivity contribution < 1.29 is 0 Å². The quantitative estimate of drug-likeness (QED) is 0.319. The van der Waals surface area contributed by atoms with E-state index in [0.717, 1.165) is 0 Å². The molecule has 0 nitrogen and oxygen atoms in total. The Kier molecular flexibility index (Phi) is 3.68. The molecule has 2 heteroatoms. The standard InChI is InChI=1S/C11H24BP/c1-10(2,3)8-9-13(7,12)11(4,5)6/h13H,12H2,1-7H3. The van der Waals surface area contributed by atoms with Gasteiger partial charge in [-0.05, 0) is 0 Å². The second-order valence-electron chi connectivity index (χ2n) is 6.38. The zero-order valence-corrected chi connectivity index (χ0v) is 11.5. The molecule has 76 valence electrons. The van der Waals surface area contributed by atoms with Crippen molar-refractivity contribution in [2.24, 2.45) is 5.41 Å². The first kappa shape index (κ1) is 13.1. The molecule has 0 N–H and O–H groups in total. The van der Waals surface area contributed by atoms with E-state index in [4.69, 9.17) is 0 Å². The van der Waals surface area contributed by atoms with Crippen LogP contribution in [0.3, 0.4) is 0 Å². The molecule has 0 spiro atoms. The van der Waals surface area contributed by atoms with Crippen molar-refractivity contribution in [3.63, 3.8) is 0 Å². The van der Waals surface area contributed by atoms with Crippen LogP contribution in [-0.2, 0) is 0 Å². The van der Waals surface area contributed by atoms with Gasteiger partial charge in [-0.15, -0.1) is 0 Å². The summed E-state index contributed by atoms with van der Waals surface area (Å²) in [5.74, 6) is 3.38. The van der Waals surface area contributed by atoms with E-state index in [9.17, 15) is 0 Å². The molecule has 0 atom stereocenters. The van der Waals surface area contributed by atoms with Gasteiger partial charge in [-0.3, -0.25) is 0 Å². The maximum absolute atomic E-state index is 3.53. The van der Waals surface area contributed by atoms with Gasteiger partial charge in [0.1, 0.15) is 0 Å². The van der Waals surface area contributed by atoms with Gasteiger partial charge in [-0.1, -0.05) is 0 Å². The summed E-state index contributed by atoms with van der Waals surface area (Å²) >= 11 is 0. The van der Waals surface area contributed by atoms with Crippen LogP contribution in [0.1, 0.15) is 41.5 Å². The minimum absolute atomic E-state index is 0.148. The van der Waals surface area contributed by atoms with Crippen molar-refractivity contribution >= 4 is 14.7 Å². The van der Waals surface area contributed by atoms with Crippen LogP contribution in [0.2, 0.25) is 0 Å². The Morgan fingerprint density at radius 3 is 1.62 bits per heavy atom. The van der Waals surface area contributed by atoms with Gasteiger partial charge < -0.3 is 0 Å². The van der Waals surface area contributed by atoms with Gasteiger partial charge in [0.2, 0.25) is 0 Å². The van der Waals surface area contributed by atoms with Gasteiger partial charge >= 0.3 is 85.1 Å². The molecular weight excluding hydrogens is 174 g/mol. The zero-order chi connectivity index (χ0) is 10.9. The minimum atomic E-state index is -1.38. The fourth-order valence-electron chi connectivity index (χ4n) is 0.531. The summed E-state index contributed by atoms with van der Waals surface area (Å²) in [4.78, 5) is 0. The van der Waals surface area contributed by atoms with Crippen LogP contribution in [0.25, 0.3) is 0 Å². The summed E-state index contributed by atoms with van der Waals surface area (Å²) in [6.07, 6.45) is 0. The fraction of sp³-hybridized carbons (Fsp3) is 0.818. The molecule has 0 aliphatic rings. The maximum atomic E-state index is 3.53. The molecule has 0 heterocycles. The second-order valence-corrected chi connectivity index (χ2v) is 11.4. The molecular formula is C11H24BP. The van der Waals surface area contributed by atoms with Crippen molar-refractivity contribution in [2.45, 2.75) is 46.7 Å². The first-order valence-corrected chi connectivity index (χ1v) is 8.00. The first-order valence-electron chi connectivity index (χ1n) is 5.00. The van der Waals surface area contributed by atoms with Crippen LogP contribution in [0.15, 0.2) is 0 Å². The monoisotopic (exact) mass is 198 g/mol. The summed E-state index contributed by atoms with van der Waals surface area (Å²) < 4.78 is 0. The Hall–Kier alpha value is 0.0549. The van der Waals surface area contributed by atoms with Gasteiger partial charge in [0.15, 0.2) is 0 Å². The third-order valence-electron chi connectivity index (χ3n) is 2.62. The Morgan fingerprint density at radius 2 is 1.38 bits per heavy atom. The normalized spacial score (nSPS) is 14.7. The molecule has 0 radical (unpaired) electrons. The predicted molar refractivity (Wildman–Crippen MR) is 69.8 cm³/mol. The second kappa shape index (κ2) is 3.66. The Morgan fingerprint density at radius 1 is 1.00 bits per heavy atom. The van der Waals surface area contributed by atoms with Gasteiger partial charge in [0.05, 0.1) is 0 Å². The van der Waals surface area contributed by atoms with E-state index in [1.165, 1.54) is 0 Å². The SMILES string of the molecule is B[PH](C)(C#CC(C)(C)C)C(C)(C)C. The molecule has 0 saturated carbocycles. The van der Waals surface area contributed by atoms with E-state index in [2.05, 4.69) is 67.4 Å². The summed E-state index contributed by atoms with van der Waals surface area (Å²) in [6.45, 7) is 15.8. The van der Waals surface area contributed by atoms with Crippen LogP contribution in [0.4, 0.5) is 0 Å². The van der Waals surface area contributed by atoms with E-state index in [0.29, 0.717) is 5.16 Å². The Labute approximate surface area is 85.6 Å². The van der Waals surface area contributed by atoms with Crippen molar-refractivity contribution in [3.8, 4) is 11.6 Å². The number of hydrogen-bond acceptors (Lipinski definition) is 0. The summed E-state index contributed by atoms with van der Waals surface area (Å²) in [6, 6.07) is 0. The van der Waals surface area contributed by atoms with Crippen LogP contribution >= 0.6 is 7.14 Å². The molecule has 0 aliphatic heterocycles. The summed E-state index contributed by atoms with van der Waals surface area (Å²) in [5, 5.41) is 0.380. The van der Waals surface area contributed by atoms with E-state index < -0.39 is 7.14 Å².